The van der Waals surface area contributed by atoms with Crippen molar-refractivity contribution < 1.29 is 23.4 Å². The summed E-state index contributed by atoms with van der Waals surface area (Å²) in [5.74, 6) is 1.41. The second-order valence-electron chi connectivity index (χ2n) is 4.65. The lowest BCUT2D eigenvalue weighted by Gasteiger charge is -2.11. The topological polar surface area (TPSA) is 70.8 Å². The molecule has 0 fully saturated rings. The number of aromatic nitrogens is 1. The molecule has 6 nitrogen and oxygen atoms in total. The molecule has 124 valence electrons. The Morgan fingerprint density at radius 3 is 2.52 bits per heavy atom. The minimum absolute atomic E-state index is 0.0900. The highest BCUT2D eigenvalue weighted by Gasteiger charge is 2.13. The van der Waals surface area contributed by atoms with Crippen LogP contribution in [-0.2, 0) is 16.0 Å². The maximum absolute atomic E-state index is 11.5. The Morgan fingerprint density at radius 2 is 1.83 bits per heavy atom. The molecule has 1 aromatic carbocycles. The monoisotopic (exact) mass is 319 g/mol. The van der Waals surface area contributed by atoms with Gasteiger partial charge in [-0.3, -0.25) is 4.79 Å². The molecule has 2 aromatic rings. The van der Waals surface area contributed by atoms with E-state index < -0.39 is 0 Å². The molecule has 0 aliphatic carbocycles. The summed E-state index contributed by atoms with van der Waals surface area (Å²) >= 11 is 0. The van der Waals surface area contributed by atoms with E-state index in [0.29, 0.717) is 42.9 Å². The zero-order valence-electron chi connectivity index (χ0n) is 13.6. The number of hydrogen-bond acceptors (Lipinski definition) is 6. The third-order valence-electron chi connectivity index (χ3n) is 2.97. The molecule has 23 heavy (non-hydrogen) atoms. The molecule has 2 rings (SSSR count). The number of esters is 1. The smallest absolute Gasteiger partial charge is 0.311 e. The predicted octanol–water partition coefficient (Wildman–Crippen LogP) is 3.24. The molecule has 0 radical (unpaired) electrons. The first-order valence-electron chi connectivity index (χ1n) is 7.67. The normalized spacial score (nSPS) is 10.4. The highest BCUT2D eigenvalue weighted by atomic mass is 16.5. The van der Waals surface area contributed by atoms with E-state index >= 15 is 0 Å². The number of carbonyl (C=O) groups is 1. The van der Waals surface area contributed by atoms with E-state index in [2.05, 4.69) is 4.98 Å². The third-order valence-corrected chi connectivity index (χ3v) is 2.97. The second kappa shape index (κ2) is 8.22. The van der Waals surface area contributed by atoms with Gasteiger partial charge < -0.3 is 18.6 Å². The summed E-state index contributed by atoms with van der Waals surface area (Å²) in [4.78, 5) is 15.8. The summed E-state index contributed by atoms with van der Waals surface area (Å²) in [6.45, 7) is 7.02. The minimum atomic E-state index is -0.325. The second-order valence-corrected chi connectivity index (χ2v) is 4.65. The molecule has 0 aliphatic heterocycles. The van der Waals surface area contributed by atoms with Crippen molar-refractivity contribution in [3.8, 4) is 23.0 Å². The van der Waals surface area contributed by atoms with Crippen molar-refractivity contribution >= 4 is 5.97 Å². The molecular formula is C17H21NO5. The van der Waals surface area contributed by atoms with Gasteiger partial charge in [0.25, 0.3) is 0 Å². The molecule has 0 spiro atoms. The summed E-state index contributed by atoms with van der Waals surface area (Å²) < 4.78 is 21.5. The number of hydrogen-bond donors (Lipinski definition) is 0. The number of benzene rings is 1. The van der Waals surface area contributed by atoms with Gasteiger partial charge in [-0.25, -0.2) is 4.98 Å². The van der Waals surface area contributed by atoms with Crippen LogP contribution in [0.25, 0.3) is 11.5 Å². The molecule has 1 heterocycles. The predicted molar refractivity (Wildman–Crippen MR) is 84.6 cm³/mol. The molecule has 0 unspecified atom stereocenters. The Bertz CT molecular complexity index is 650. The Balaban J connectivity index is 2.19. The van der Waals surface area contributed by atoms with Crippen LogP contribution in [0.2, 0.25) is 0 Å². The van der Waals surface area contributed by atoms with E-state index in [1.165, 1.54) is 6.26 Å². The SMILES string of the molecule is CCOC(=O)Cc1coc(-c2ccc(OCC)c(OCC)c2)n1. The number of carbonyl (C=O) groups excluding carboxylic acids is 1. The zero-order valence-corrected chi connectivity index (χ0v) is 13.6. The van der Waals surface area contributed by atoms with E-state index in [4.69, 9.17) is 18.6 Å². The van der Waals surface area contributed by atoms with E-state index in [0.717, 1.165) is 5.56 Å². The Morgan fingerprint density at radius 1 is 1.09 bits per heavy atom. The van der Waals surface area contributed by atoms with Crippen molar-refractivity contribution in [2.75, 3.05) is 19.8 Å². The molecule has 0 saturated heterocycles. The number of ether oxygens (including phenoxy) is 3. The van der Waals surface area contributed by atoms with Crippen LogP contribution in [0.4, 0.5) is 0 Å². The van der Waals surface area contributed by atoms with Crippen molar-refractivity contribution in [2.24, 2.45) is 0 Å². The van der Waals surface area contributed by atoms with Crippen molar-refractivity contribution in [2.45, 2.75) is 27.2 Å². The average Bonchev–Trinajstić information content (AvgIpc) is 2.98. The van der Waals surface area contributed by atoms with Crippen LogP contribution in [0.3, 0.4) is 0 Å². The molecule has 0 aliphatic rings. The third kappa shape index (κ3) is 4.48. The molecule has 0 atom stereocenters. The molecule has 0 N–H and O–H groups in total. The summed E-state index contributed by atoms with van der Waals surface area (Å²) in [7, 11) is 0. The van der Waals surface area contributed by atoms with Crippen LogP contribution >= 0.6 is 0 Å². The van der Waals surface area contributed by atoms with Gasteiger partial charge in [-0.05, 0) is 39.0 Å². The first-order chi connectivity index (χ1) is 11.2. The van der Waals surface area contributed by atoms with Crippen LogP contribution in [-0.4, -0.2) is 30.8 Å². The van der Waals surface area contributed by atoms with Crippen molar-refractivity contribution in [1.82, 2.24) is 4.98 Å². The van der Waals surface area contributed by atoms with E-state index in [-0.39, 0.29) is 12.4 Å². The van der Waals surface area contributed by atoms with Crippen LogP contribution in [0.1, 0.15) is 26.5 Å². The molecule has 0 saturated carbocycles. The summed E-state index contributed by atoms with van der Waals surface area (Å²) in [6, 6.07) is 5.47. The van der Waals surface area contributed by atoms with Crippen molar-refractivity contribution in [1.29, 1.82) is 0 Å². The van der Waals surface area contributed by atoms with Gasteiger partial charge in [-0.1, -0.05) is 0 Å². The number of oxazole rings is 1. The van der Waals surface area contributed by atoms with Crippen molar-refractivity contribution in [3.05, 3.63) is 30.2 Å². The maximum atomic E-state index is 11.5. The fraction of sp³-hybridized carbons (Fsp3) is 0.412. The standard InChI is InChI=1S/C17H21NO5/c1-4-20-14-8-7-12(9-15(14)21-5-2)17-18-13(11-23-17)10-16(19)22-6-3/h7-9,11H,4-6,10H2,1-3H3. The van der Waals surface area contributed by atoms with E-state index in [9.17, 15) is 4.79 Å². The largest absolute Gasteiger partial charge is 0.490 e. The summed E-state index contributed by atoms with van der Waals surface area (Å²) in [5.41, 5.74) is 1.29. The summed E-state index contributed by atoms with van der Waals surface area (Å²) in [6.07, 6.45) is 1.55. The molecular weight excluding hydrogens is 298 g/mol. The maximum Gasteiger partial charge on any atom is 0.311 e. The highest BCUT2D eigenvalue weighted by molar-refractivity contribution is 5.72. The molecule has 0 amide bonds. The fourth-order valence-electron chi connectivity index (χ4n) is 2.06. The van der Waals surface area contributed by atoms with Gasteiger partial charge in [0, 0.05) is 5.56 Å². The number of rotatable bonds is 8. The molecule has 0 bridgehead atoms. The lowest BCUT2D eigenvalue weighted by atomic mass is 10.2. The Kier molecular flexibility index (Phi) is 6.02. The van der Waals surface area contributed by atoms with Crippen molar-refractivity contribution in [3.63, 3.8) is 0 Å². The average molecular weight is 319 g/mol. The lowest BCUT2D eigenvalue weighted by molar-refractivity contribution is -0.142. The molecule has 1 aromatic heterocycles. The fourth-order valence-corrected chi connectivity index (χ4v) is 2.06. The van der Waals surface area contributed by atoms with E-state index in [1.54, 1.807) is 6.92 Å². The Hall–Kier alpha value is -2.50. The summed E-state index contributed by atoms with van der Waals surface area (Å²) in [5, 5.41) is 0. The quantitative estimate of drug-likeness (QED) is 0.696. The van der Waals surface area contributed by atoms with Crippen LogP contribution < -0.4 is 9.47 Å². The van der Waals surface area contributed by atoms with Crippen LogP contribution in [0.5, 0.6) is 11.5 Å². The first-order valence-corrected chi connectivity index (χ1v) is 7.67. The highest BCUT2D eigenvalue weighted by Crippen LogP contribution is 2.32. The van der Waals surface area contributed by atoms with E-state index in [1.807, 2.05) is 32.0 Å². The molecule has 6 heteroatoms. The van der Waals surface area contributed by atoms with Gasteiger partial charge in [-0.2, -0.15) is 0 Å². The number of nitrogens with zero attached hydrogens (tertiary/aromatic N) is 1. The lowest BCUT2D eigenvalue weighted by Crippen LogP contribution is -2.07. The minimum Gasteiger partial charge on any atom is -0.490 e. The van der Waals surface area contributed by atoms with Crippen LogP contribution in [0, 0.1) is 0 Å². The van der Waals surface area contributed by atoms with Crippen LogP contribution in [0.15, 0.2) is 28.9 Å². The van der Waals surface area contributed by atoms with Gasteiger partial charge in [0.2, 0.25) is 5.89 Å². The van der Waals surface area contributed by atoms with Gasteiger partial charge >= 0.3 is 5.97 Å². The first kappa shape index (κ1) is 16.9. The zero-order chi connectivity index (χ0) is 16.7. The Labute approximate surface area is 135 Å². The van der Waals surface area contributed by atoms with Gasteiger partial charge in [0.1, 0.15) is 6.26 Å². The van der Waals surface area contributed by atoms with Gasteiger partial charge in [-0.15, -0.1) is 0 Å². The van der Waals surface area contributed by atoms with Gasteiger partial charge in [0.15, 0.2) is 11.5 Å². The van der Waals surface area contributed by atoms with Gasteiger partial charge in [0.05, 0.1) is 31.9 Å².